The summed E-state index contributed by atoms with van der Waals surface area (Å²) in [5.74, 6) is 0.797. The fourth-order valence-corrected chi connectivity index (χ4v) is 3.47. The zero-order valence-electron chi connectivity index (χ0n) is 12.9. The molecule has 0 spiro atoms. The Morgan fingerprint density at radius 3 is 2.74 bits per heavy atom. The SMILES string of the molecule is CCNC1CCCC1CN(C)c1ccc(C)cc1C. The molecule has 2 nitrogen and oxygen atoms in total. The lowest BCUT2D eigenvalue weighted by atomic mass is 10.0. The highest BCUT2D eigenvalue weighted by Gasteiger charge is 2.27. The quantitative estimate of drug-likeness (QED) is 0.871. The summed E-state index contributed by atoms with van der Waals surface area (Å²) >= 11 is 0. The van der Waals surface area contributed by atoms with Gasteiger partial charge in [0.25, 0.3) is 0 Å². The Kier molecular flexibility index (Phi) is 4.87. The first-order valence-corrected chi connectivity index (χ1v) is 7.63. The van der Waals surface area contributed by atoms with Gasteiger partial charge < -0.3 is 10.2 Å². The van der Waals surface area contributed by atoms with Crippen LogP contribution in [0.5, 0.6) is 0 Å². The highest BCUT2D eigenvalue weighted by molar-refractivity contribution is 5.53. The largest absolute Gasteiger partial charge is 0.374 e. The molecular formula is C17H28N2. The number of rotatable bonds is 5. The highest BCUT2D eigenvalue weighted by Crippen LogP contribution is 2.28. The van der Waals surface area contributed by atoms with Crippen molar-refractivity contribution in [1.29, 1.82) is 0 Å². The summed E-state index contributed by atoms with van der Waals surface area (Å²) in [5.41, 5.74) is 4.12. The van der Waals surface area contributed by atoms with Crippen molar-refractivity contribution in [1.82, 2.24) is 5.32 Å². The molecule has 0 aliphatic heterocycles. The Hall–Kier alpha value is -1.02. The van der Waals surface area contributed by atoms with E-state index in [4.69, 9.17) is 0 Å². The van der Waals surface area contributed by atoms with Crippen molar-refractivity contribution >= 4 is 5.69 Å². The van der Waals surface area contributed by atoms with E-state index in [-0.39, 0.29) is 0 Å². The predicted octanol–water partition coefficient (Wildman–Crippen LogP) is 3.52. The van der Waals surface area contributed by atoms with E-state index in [0.29, 0.717) is 0 Å². The van der Waals surface area contributed by atoms with Crippen molar-refractivity contribution in [2.24, 2.45) is 5.92 Å². The Morgan fingerprint density at radius 2 is 2.05 bits per heavy atom. The zero-order chi connectivity index (χ0) is 13.8. The number of anilines is 1. The van der Waals surface area contributed by atoms with Gasteiger partial charge in [-0.15, -0.1) is 0 Å². The maximum Gasteiger partial charge on any atom is 0.0393 e. The van der Waals surface area contributed by atoms with Gasteiger partial charge in [-0.1, -0.05) is 31.0 Å². The van der Waals surface area contributed by atoms with E-state index in [1.165, 1.54) is 42.6 Å². The minimum absolute atomic E-state index is 0.721. The van der Waals surface area contributed by atoms with Gasteiger partial charge in [0.05, 0.1) is 0 Å². The average Bonchev–Trinajstić information content (AvgIpc) is 2.77. The first-order chi connectivity index (χ1) is 9.11. The third kappa shape index (κ3) is 3.50. The van der Waals surface area contributed by atoms with Crippen LogP contribution < -0.4 is 10.2 Å². The van der Waals surface area contributed by atoms with Gasteiger partial charge in [-0.25, -0.2) is 0 Å². The van der Waals surface area contributed by atoms with E-state index < -0.39 is 0 Å². The minimum atomic E-state index is 0.721. The molecular weight excluding hydrogens is 232 g/mol. The third-order valence-electron chi connectivity index (χ3n) is 4.40. The molecule has 0 amide bonds. The van der Waals surface area contributed by atoms with E-state index >= 15 is 0 Å². The minimum Gasteiger partial charge on any atom is -0.374 e. The van der Waals surface area contributed by atoms with Crippen LogP contribution in [0.4, 0.5) is 5.69 Å². The zero-order valence-corrected chi connectivity index (χ0v) is 12.9. The van der Waals surface area contributed by atoms with Crippen molar-refractivity contribution in [3.8, 4) is 0 Å². The van der Waals surface area contributed by atoms with Gasteiger partial charge in [-0.2, -0.15) is 0 Å². The number of benzene rings is 1. The van der Waals surface area contributed by atoms with Crippen molar-refractivity contribution in [3.05, 3.63) is 29.3 Å². The highest BCUT2D eigenvalue weighted by atomic mass is 15.1. The first-order valence-electron chi connectivity index (χ1n) is 7.63. The second-order valence-electron chi connectivity index (χ2n) is 6.03. The van der Waals surface area contributed by atoms with Gasteiger partial charge in [0.2, 0.25) is 0 Å². The van der Waals surface area contributed by atoms with Gasteiger partial charge in [0, 0.05) is 25.3 Å². The van der Waals surface area contributed by atoms with Crippen LogP contribution >= 0.6 is 0 Å². The van der Waals surface area contributed by atoms with Gasteiger partial charge in [-0.05, 0) is 50.8 Å². The molecule has 2 atom stereocenters. The molecule has 1 N–H and O–H groups in total. The maximum atomic E-state index is 3.65. The summed E-state index contributed by atoms with van der Waals surface area (Å²) in [6.07, 6.45) is 4.09. The molecule has 0 heterocycles. The van der Waals surface area contributed by atoms with Gasteiger partial charge in [0.15, 0.2) is 0 Å². The molecule has 0 saturated heterocycles. The molecule has 0 radical (unpaired) electrons. The Morgan fingerprint density at radius 1 is 1.26 bits per heavy atom. The molecule has 1 aromatic carbocycles. The summed E-state index contributed by atoms with van der Waals surface area (Å²) in [6.45, 7) is 8.85. The average molecular weight is 260 g/mol. The van der Waals surface area contributed by atoms with Crippen LogP contribution in [0, 0.1) is 19.8 Å². The van der Waals surface area contributed by atoms with E-state index in [9.17, 15) is 0 Å². The van der Waals surface area contributed by atoms with Crippen LogP contribution in [0.2, 0.25) is 0 Å². The molecule has 19 heavy (non-hydrogen) atoms. The van der Waals surface area contributed by atoms with Crippen molar-refractivity contribution < 1.29 is 0 Å². The molecule has 1 aliphatic rings. The Labute approximate surface area is 118 Å². The number of aryl methyl sites for hydroxylation is 2. The molecule has 0 aromatic heterocycles. The lowest BCUT2D eigenvalue weighted by molar-refractivity contribution is 0.411. The summed E-state index contributed by atoms with van der Waals surface area (Å²) in [4.78, 5) is 2.44. The standard InChI is InChI=1S/C17H28N2/c1-5-18-16-8-6-7-15(16)12-19(4)17-10-9-13(2)11-14(17)3/h9-11,15-16,18H,5-8,12H2,1-4H3. The summed E-state index contributed by atoms with van der Waals surface area (Å²) in [7, 11) is 2.24. The Bertz CT molecular complexity index is 414. The molecule has 2 heteroatoms. The second-order valence-corrected chi connectivity index (χ2v) is 6.03. The molecule has 1 aromatic rings. The monoisotopic (exact) mass is 260 g/mol. The summed E-state index contributed by atoms with van der Waals surface area (Å²) in [5, 5.41) is 3.65. The number of nitrogens with one attached hydrogen (secondary N) is 1. The number of hydrogen-bond donors (Lipinski definition) is 1. The van der Waals surface area contributed by atoms with Gasteiger partial charge >= 0.3 is 0 Å². The molecule has 2 rings (SSSR count). The van der Waals surface area contributed by atoms with E-state index in [0.717, 1.165) is 18.5 Å². The van der Waals surface area contributed by atoms with Crippen molar-refractivity contribution in [3.63, 3.8) is 0 Å². The number of hydrogen-bond acceptors (Lipinski definition) is 2. The van der Waals surface area contributed by atoms with Crippen LogP contribution in [0.15, 0.2) is 18.2 Å². The molecule has 106 valence electrons. The normalized spacial score (nSPS) is 22.7. The fourth-order valence-electron chi connectivity index (χ4n) is 3.47. The predicted molar refractivity (Wildman–Crippen MR) is 84.0 cm³/mol. The summed E-state index contributed by atoms with van der Waals surface area (Å²) in [6, 6.07) is 7.48. The number of nitrogens with zero attached hydrogens (tertiary/aromatic N) is 1. The lowest BCUT2D eigenvalue weighted by Crippen LogP contribution is -2.38. The van der Waals surface area contributed by atoms with Crippen LogP contribution in [0.25, 0.3) is 0 Å². The second kappa shape index (κ2) is 6.42. The van der Waals surface area contributed by atoms with Crippen LogP contribution in [0.3, 0.4) is 0 Å². The van der Waals surface area contributed by atoms with E-state index in [1.807, 2.05) is 0 Å². The van der Waals surface area contributed by atoms with Crippen LogP contribution in [-0.2, 0) is 0 Å². The van der Waals surface area contributed by atoms with Gasteiger partial charge in [-0.3, -0.25) is 0 Å². The maximum absolute atomic E-state index is 3.65. The van der Waals surface area contributed by atoms with Crippen molar-refractivity contribution in [2.45, 2.75) is 46.1 Å². The summed E-state index contributed by atoms with van der Waals surface area (Å²) < 4.78 is 0. The van der Waals surface area contributed by atoms with E-state index in [2.05, 4.69) is 56.2 Å². The van der Waals surface area contributed by atoms with Crippen LogP contribution in [-0.4, -0.2) is 26.2 Å². The van der Waals surface area contributed by atoms with Gasteiger partial charge in [0.1, 0.15) is 0 Å². The van der Waals surface area contributed by atoms with Crippen molar-refractivity contribution in [2.75, 3.05) is 25.0 Å². The fraction of sp³-hybridized carbons (Fsp3) is 0.647. The van der Waals surface area contributed by atoms with E-state index in [1.54, 1.807) is 0 Å². The Balaban J connectivity index is 2.02. The molecule has 1 saturated carbocycles. The lowest BCUT2D eigenvalue weighted by Gasteiger charge is -2.28. The molecule has 1 fully saturated rings. The first kappa shape index (κ1) is 14.4. The smallest absolute Gasteiger partial charge is 0.0393 e. The molecule has 1 aliphatic carbocycles. The third-order valence-corrected chi connectivity index (χ3v) is 4.40. The van der Waals surface area contributed by atoms with Crippen LogP contribution in [0.1, 0.15) is 37.3 Å². The topological polar surface area (TPSA) is 15.3 Å². The molecule has 2 unspecified atom stereocenters. The molecule has 0 bridgehead atoms.